The fourth-order valence-electron chi connectivity index (χ4n) is 3.20. The van der Waals surface area contributed by atoms with Crippen molar-refractivity contribution in [3.8, 4) is 0 Å². The van der Waals surface area contributed by atoms with Crippen molar-refractivity contribution in [1.82, 2.24) is 24.3 Å². The van der Waals surface area contributed by atoms with Gasteiger partial charge in [0.05, 0.1) is 6.20 Å². The summed E-state index contributed by atoms with van der Waals surface area (Å²) >= 11 is 0. The van der Waals surface area contributed by atoms with Gasteiger partial charge in [0.1, 0.15) is 10.7 Å². The van der Waals surface area contributed by atoms with E-state index in [-0.39, 0.29) is 23.3 Å². The van der Waals surface area contributed by atoms with Crippen LogP contribution >= 0.6 is 0 Å². The molecule has 1 aliphatic rings. The highest BCUT2D eigenvalue weighted by atomic mass is 32.2. The largest absolute Gasteiger partial charge is 0.304 e. The molecule has 0 bridgehead atoms. The molecule has 7 nitrogen and oxygen atoms in total. The van der Waals surface area contributed by atoms with Crippen LogP contribution in [0.1, 0.15) is 18.5 Å². The predicted molar refractivity (Wildman–Crippen MR) is 101 cm³/mol. The fourth-order valence-corrected chi connectivity index (χ4v) is 4.19. The number of nitrogens with zero attached hydrogens (tertiary/aromatic N) is 4. The summed E-state index contributed by atoms with van der Waals surface area (Å²) in [6.07, 6.45) is 2.87. The summed E-state index contributed by atoms with van der Waals surface area (Å²) in [5, 5.41) is 4.03. The maximum absolute atomic E-state index is 13.3. The first kappa shape index (κ1) is 19.9. The number of aryl methyl sites for hydroxylation is 1. The lowest BCUT2D eigenvalue weighted by Gasteiger charge is -2.38. The van der Waals surface area contributed by atoms with E-state index in [2.05, 4.69) is 26.7 Å². The topological polar surface area (TPSA) is 70.5 Å². The minimum absolute atomic E-state index is 0.153. The molecule has 1 fully saturated rings. The molecule has 9 heteroatoms. The average Bonchev–Trinajstić information content (AvgIpc) is 3.15. The zero-order chi connectivity index (χ0) is 19.4. The minimum atomic E-state index is -3.65. The quantitative estimate of drug-likeness (QED) is 0.766. The standard InChI is InChI=1S/C18H26FN5O2S/c1-3-24-14-17(12-20-24)27(25,26)21-13-18(15-4-6-16(19)7-5-15)23-10-8-22(2)9-11-23/h4-7,12,14,18,21H,3,8-11,13H2,1-2H3/t18-/m1/s1. The van der Waals surface area contributed by atoms with Gasteiger partial charge in [-0.05, 0) is 31.7 Å². The molecule has 3 rings (SSSR count). The van der Waals surface area contributed by atoms with E-state index < -0.39 is 10.0 Å². The Bertz CT molecular complexity index is 845. The van der Waals surface area contributed by atoms with E-state index in [9.17, 15) is 12.8 Å². The number of nitrogens with one attached hydrogen (secondary N) is 1. The highest BCUT2D eigenvalue weighted by Gasteiger charge is 2.26. The number of sulfonamides is 1. The van der Waals surface area contributed by atoms with Crippen LogP contribution in [-0.2, 0) is 16.6 Å². The van der Waals surface area contributed by atoms with Gasteiger partial charge >= 0.3 is 0 Å². The molecule has 0 radical (unpaired) electrons. The van der Waals surface area contributed by atoms with Crippen molar-refractivity contribution in [3.05, 3.63) is 48.0 Å². The first-order chi connectivity index (χ1) is 12.9. The molecule has 0 aliphatic carbocycles. The summed E-state index contributed by atoms with van der Waals surface area (Å²) in [5.74, 6) is -0.302. The predicted octanol–water partition coefficient (Wildman–Crippen LogP) is 1.31. The van der Waals surface area contributed by atoms with E-state index in [0.29, 0.717) is 6.54 Å². The molecule has 1 aliphatic heterocycles. The third kappa shape index (κ3) is 4.92. The number of halogens is 1. The zero-order valence-electron chi connectivity index (χ0n) is 15.7. The lowest BCUT2D eigenvalue weighted by atomic mass is 10.0. The molecule has 1 saturated heterocycles. The number of rotatable bonds is 7. The number of benzene rings is 1. The van der Waals surface area contributed by atoms with Crippen molar-refractivity contribution >= 4 is 10.0 Å². The second kappa shape index (κ2) is 8.47. The Balaban J connectivity index is 1.77. The average molecular weight is 396 g/mol. The molecule has 0 amide bonds. The van der Waals surface area contributed by atoms with Crippen LogP contribution in [0.2, 0.25) is 0 Å². The molecule has 0 saturated carbocycles. The number of likely N-dealkylation sites (N-methyl/N-ethyl adjacent to an activating group) is 1. The van der Waals surface area contributed by atoms with Crippen molar-refractivity contribution < 1.29 is 12.8 Å². The maximum atomic E-state index is 13.3. The van der Waals surface area contributed by atoms with Gasteiger partial charge in [-0.15, -0.1) is 0 Å². The summed E-state index contributed by atoms with van der Waals surface area (Å²) in [7, 11) is -1.59. The first-order valence-corrected chi connectivity index (χ1v) is 10.6. The summed E-state index contributed by atoms with van der Waals surface area (Å²) in [6, 6.07) is 6.12. The van der Waals surface area contributed by atoms with E-state index in [4.69, 9.17) is 0 Å². The van der Waals surface area contributed by atoms with Crippen LogP contribution in [0, 0.1) is 5.82 Å². The number of aromatic nitrogens is 2. The van der Waals surface area contributed by atoms with Gasteiger partial charge in [0.2, 0.25) is 10.0 Å². The Hall–Kier alpha value is -1.81. The maximum Gasteiger partial charge on any atom is 0.243 e. The number of hydrogen-bond donors (Lipinski definition) is 1. The van der Waals surface area contributed by atoms with E-state index in [1.165, 1.54) is 24.5 Å². The molecule has 1 aromatic heterocycles. The summed E-state index contributed by atoms with van der Waals surface area (Å²) < 4.78 is 42.9. The second-order valence-corrected chi connectivity index (χ2v) is 8.56. The molecule has 1 aromatic carbocycles. The monoisotopic (exact) mass is 395 g/mol. The van der Waals surface area contributed by atoms with Crippen molar-refractivity contribution in [1.29, 1.82) is 0 Å². The molecule has 27 heavy (non-hydrogen) atoms. The van der Waals surface area contributed by atoms with Crippen LogP contribution in [0.25, 0.3) is 0 Å². The van der Waals surface area contributed by atoms with Crippen LogP contribution in [0.5, 0.6) is 0 Å². The van der Waals surface area contributed by atoms with Crippen molar-refractivity contribution in [2.24, 2.45) is 0 Å². The molecule has 1 N–H and O–H groups in total. The molecular formula is C18H26FN5O2S. The Morgan fingerprint density at radius 2 is 1.85 bits per heavy atom. The molecule has 0 unspecified atom stereocenters. The van der Waals surface area contributed by atoms with Gasteiger partial charge in [-0.1, -0.05) is 12.1 Å². The Morgan fingerprint density at radius 3 is 2.44 bits per heavy atom. The normalized spacial score (nSPS) is 17.9. The Labute approximate surface area is 159 Å². The second-order valence-electron chi connectivity index (χ2n) is 6.79. The summed E-state index contributed by atoms with van der Waals surface area (Å²) in [5.41, 5.74) is 0.896. The van der Waals surface area contributed by atoms with Gasteiger partial charge in [0.25, 0.3) is 0 Å². The van der Waals surface area contributed by atoms with Crippen LogP contribution in [0.4, 0.5) is 4.39 Å². The SMILES string of the molecule is CCn1cc(S(=O)(=O)NC[C@H](c2ccc(F)cc2)N2CCN(C)CC2)cn1. The van der Waals surface area contributed by atoms with Gasteiger partial charge in [-0.25, -0.2) is 17.5 Å². The van der Waals surface area contributed by atoms with Gasteiger partial charge in [-0.2, -0.15) is 5.10 Å². The first-order valence-electron chi connectivity index (χ1n) is 9.09. The molecule has 2 heterocycles. The van der Waals surface area contributed by atoms with Gasteiger partial charge in [0.15, 0.2) is 0 Å². The van der Waals surface area contributed by atoms with Gasteiger partial charge in [0, 0.05) is 51.5 Å². The molecule has 2 aromatic rings. The van der Waals surface area contributed by atoms with Crippen LogP contribution < -0.4 is 4.72 Å². The third-order valence-corrected chi connectivity index (χ3v) is 6.32. The summed E-state index contributed by atoms with van der Waals surface area (Å²) in [6.45, 7) is 6.20. The van der Waals surface area contributed by atoms with Crippen molar-refractivity contribution in [2.45, 2.75) is 24.4 Å². The highest BCUT2D eigenvalue weighted by Crippen LogP contribution is 2.23. The van der Waals surface area contributed by atoms with Gasteiger partial charge in [-0.3, -0.25) is 9.58 Å². The van der Waals surface area contributed by atoms with Crippen LogP contribution in [-0.4, -0.2) is 67.8 Å². The summed E-state index contributed by atoms with van der Waals surface area (Å²) in [4.78, 5) is 4.63. The number of piperazine rings is 1. The minimum Gasteiger partial charge on any atom is -0.304 e. The van der Waals surface area contributed by atoms with Crippen LogP contribution in [0.3, 0.4) is 0 Å². The van der Waals surface area contributed by atoms with Crippen LogP contribution in [0.15, 0.2) is 41.6 Å². The lowest BCUT2D eigenvalue weighted by Crippen LogP contribution is -2.48. The van der Waals surface area contributed by atoms with E-state index >= 15 is 0 Å². The molecular weight excluding hydrogens is 369 g/mol. The zero-order valence-corrected chi connectivity index (χ0v) is 16.5. The Kier molecular flexibility index (Phi) is 6.25. The third-order valence-electron chi connectivity index (χ3n) is 4.94. The smallest absolute Gasteiger partial charge is 0.243 e. The van der Waals surface area contributed by atoms with E-state index in [1.54, 1.807) is 16.8 Å². The van der Waals surface area contributed by atoms with Gasteiger partial charge < -0.3 is 4.90 Å². The van der Waals surface area contributed by atoms with Crippen molar-refractivity contribution in [3.63, 3.8) is 0 Å². The molecule has 148 valence electrons. The lowest BCUT2D eigenvalue weighted by molar-refractivity contribution is 0.113. The molecule has 1 atom stereocenters. The van der Waals surface area contributed by atoms with Crippen molar-refractivity contribution in [2.75, 3.05) is 39.8 Å². The van der Waals surface area contributed by atoms with E-state index in [0.717, 1.165) is 31.7 Å². The highest BCUT2D eigenvalue weighted by molar-refractivity contribution is 7.89. The fraction of sp³-hybridized carbons (Fsp3) is 0.500. The number of hydrogen-bond acceptors (Lipinski definition) is 5. The van der Waals surface area contributed by atoms with E-state index in [1.807, 2.05) is 6.92 Å². The molecule has 0 spiro atoms. The Morgan fingerprint density at radius 1 is 1.19 bits per heavy atom.